The van der Waals surface area contributed by atoms with Crippen LogP contribution in [0.25, 0.3) is 0 Å². The van der Waals surface area contributed by atoms with Gasteiger partial charge in [-0.15, -0.1) is 11.8 Å². The van der Waals surface area contributed by atoms with Crippen LogP contribution < -0.4 is 16.2 Å². The number of fused-ring (bicyclic) bond motifs is 1. The predicted molar refractivity (Wildman–Crippen MR) is 91.4 cm³/mol. The van der Waals surface area contributed by atoms with Gasteiger partial charge in [0.2, 0.25) is 11.8 Å². The van der Waals surface area contributed by atoms with Crippen molar-refractivity contribution < 1.29 is 14.4 Å². The summed E-state index contributed by atoms with van der Waals surface area (Å²) in [5.41, 5.74) is 5.88. The molecule has 24 heavy (non-hydrogen) atoms. The van der Waals surface area contributed by atoms with E-state index in [1.165, 1.54) is 11.8 Å². The lowest BCUT2D eigenvalue weighted by atomic mass is 10.2. The van der Waals surface area contributed by atoms with Crippen molar-refractivity contribution in [1.29, 1.82) is 0 Å². The lowest BCUT2D eigenvalue weighted by Gasteiger charge is -2.23. The Bertz CT molecular complexity index is 780. The molecule has 0 spiro atoms. The van der Waals surface area contributed by atoms with E-state index in [4.69, 9.17) is 0 Å². The smallest absolute Gasteiger partial charge is 0.269 e. The van der Waals surface area contributed by atoms with Crippen LogP contribution in [0.5, 0.6) is 0 Å². The average Bonchev–Trinajstić information content (AvgIpc) is 2.61. The van der Waals surface area contributed by atoms with Crippen molar-refractivity contribution in [2.45, 2.75) is 16.6 Å². The Morgan fingerprint density at radius 3 is 2.50 bits per heavy atom. The van der Waals surface area contributed by atoms with E-state index in [0.717, 1.165) is 10.6 Å². The van der Waals surface area contributed by atoms with Gasteiger partial charge in [0.25, 0.3) is 5.91 Å². The van der Waals surface area contributed by atoms with Gasteiger partial charge in [-0.25, -0.2) is 0 Å². The molecule has 3 N–H and O–H groups in total. The summed E-state index contributed by atoms with van der Waals surface area (Å²) >= 11 is 1.34. The molecule has 1 aliphatic rings. The summed E-state index contributed by atoms with van der Waals surface area (Å²) in [7, 11) is 0. The maximum Gasteiger partial charge on any atom is 0.269 e. The molecule has 122 valence electrons. The van der Waals surface area contributed by atoms with Crippen LogP contribution in [0.1, 0.15) is 16.8 Å². The molecule has 0 aromatic heterocycles. The summed E-state index contributed by atoms with van der Waals surface area (Å²) in [4.78, 5) is 36.8. The SMILES string of the molecule is O=C(CC1Sc2ccccc2NC1=O)NNC(=O)c1ccccc1. The Kier molecular flexibility index (Phi) is 4.81. The third-order valence-electron chi connectivity index (χ3n) is 3.43. The second-order valence-corrected chi connectivity index (χ2v) is 6.41. The van der Waals surface area contributed by atoms with Gasteiger partial charge >= 0.3 is 0 Å². The first-order valence-corrected chi connectivity index (χ1v) is 8.22. The van der Waals surface area contributed by atoms with Crippen LogP contribution in [0.2, 0.25) is 0 Å². The molecule has 2 aromatic carbocycles. The molecule has 3 amide bonds. The quantitative estimate of drug-likeness (QED) is 0.745. The fourth-order valence-corrected chi connectivity index (χ4v) is 3.35. The molecular formula is C17H15N3O3S. The predicted octanol–water partition coefficient (Wildman–Crippen LogP) is 1.95. The third kappa shape index (κ3) is 3.75. The third-order valence-corrected chi connectivity index (χ3v) is 4.70. The van der Waals surface area contributed by atoms with Crippen molar-refractivity contribution in [3.8, 4) is 0 Å². The van der Waals surface area contributed by atoms with Gasteiger partial charge in [-0.05, 0) is 24.3 Å². The van der Waals surface area contributed by atoms with Gasteiger partial charge in [0.05, 0.1) is 10.9 Å². The van der Waals surface area contributed by atoms with Crippen LogP contribution in [0.4, 0.5) is 5.69 Å². The summed E-state index contributed by atoms with van der Waals surface area (Å²) in [6.07, 6.45) is -0.0279. The minimum Gasteiger partial charge on any atom is -0.324 e. The Labute approximate surface area is 143 Å². The monoisotopic (exact) mass is 341 g/mol. The van der Waals surface area contributed by atoms with Crippen LogP contribution in [-0.2, 0) is 9.59 Å². The van der Waals surface area contributed by atoms with Crippen LogP contribution in [0.3, 0.4) is 0 Å². The molecule has 0 aliphatic carbocycles. The summed E-state index contributed by atoms with van der Waals surface area (Å²) < 4.78 is 0. The number of para-hydroxylation sites is 1. The summed E-state index contributed by atoms with van der Waals surface area (Å²) in [5.74, 6) is -1.05. The number of hydrogen-bond acceptors (Lipinski definition) is 4. The molecule has 2 aromatic rings. The zero-order valence-corrected chi connectivity index (χ0v) is 13.4. The Hall–Kier alpha value is -2.80. The minimum atomic E-state index is -0.534. The molecule has 1 unspecified atom stereocenters. The largest absolute Gasteiger partial charge is 0.324 e. The Morgan fingerprint density at radius 1 is 1.00 bits per heavy atom. The molecule has 3 rings (SSSR count). The van der Waals surface area contributed by atoms with Gasteiger partial charge in [-0.2, -0.15) is 0 Å². The summed E-state index contributed by atoms with van der Waals surface area (Å²) in [5, 5.41) is 2.25. The highest BCUT2D eigenvalue weighted by molar-refractivity contribution is 8.01. The minimum absolute atomic E-state index is 0.0279. The number of hydrazine groups is 1. The van der Waals surface area contributed by atoms with Gasteiger partial charge in [0.15, 0.2) is 0 Å². The second-order valence-electron chi connectivity index (χ2n) is 5.16. The summed E-state index contributed by atoms with van der Waals surface area (Å²) in [6.45, 7) is 0. The van der Waals surface area contributed by atoms with E-state index in [0.29, 0.717) is 5.56 Å². The number of carbonyl (C=O) groups excluding carboxylic acids is 3. The van der Waals surface area contributed by atoms with E-state index in [-0.39, 0.29) is 12.3 Å². The van der Waals surface area contributed by atoms with Crippen LogP contribution in [0, 0.1) is 0 Å². The highest BCUT2D eigenvalue weighted by atomic mass is 32.2. The fraction of sp³-hybridized carbons (Fsp3) is 0.118. The normalized spacial score (nSPS) is 15.8. The van der Waals surface area contributed by atoms with Crippen LogP contribution in [-0.4, -0.2) is 23.0 Å². The topological polar surface area (TPSA) is 87.3 Å². The highest BCUT2D eigenvalue weighted by Gasteiger charge is 2.28. The van der Waals surface area contributed by atoms with Gasteiger partial charge in [-0.3, -0.25) is 25.2 Å². The van der Waals surface area contributed by atoms with Crippen molar-refractivity contribution in [2.24, 2.45) is 0 Å². The lowest BCUT2D eigenvalue weighted by Crippen LogP contribution is -2.44. The van der Waals surface area contributed by atoms with E-state index >= 15 is 0 Å². The van der Waals surface area contributed by atoms with E-state index in [2.05, 4.69) is 16.2 Å². The number of hydrogen-bond donors (Lipinski definition) is 3. The van der Waals surface area contributed by atoms with E-state index in [9.17, 15) is 14.4 Å². The van der Waals surface area contributed by atoms with E-state index in [1.54, 1.807) is 30.3 Å². The fourth-order valence-electron chi connectivity index (χ4n) is 2.23. The molecule has 1 atom stereocenters. The molecule has 1 heterocycles. The van der Waals surface area contributed by atoms with Crippen LogP contribution in [0.15, 0.2) is 59.5 Å². The maximum absolute atomic E-state index is 12.1. The molecule has 0 saturated heterocycles. The number of thioether (sulfide) groups is 1. The molecule has 0 radical (unpaired) electrons. The zero-order valence-electron chi connectivity index (χ0n) is 12.6. The first kappa shape index (κ1) is 16.1. The maximum atomic E-state index is 12.1. The number of anilines is 1. The van der Waals surface area contributed by atoms with Crippen molar-refractivity contribution in [2.75, 3.05) is 5.32 Å². The Morgan fingerprint density at radius 2 is 1.71 bits per heavy atom. The van der Waals surface area contributed by atoms with Gasteiger partial charge in [-0.1, -0.05) is 30.3 Å². The zero-order chi connectivity index (χ0) is 16.9. The number of rotatable bonds is 3. The first-order chi connectivity index (χ1) is 11.6. The summed E-state index contributed by atoms with van der Waals surface area (Å²) in [6, 6.07) is 16.0. The number of amides is 3. The molecule has 0 saturated carbocycles. The molecular weight excluding hydrogens is 326 g/mol. The van der Waals surface area contributed by atoms with E-state index in [1.807, 2.05) is 24.3 Å². The average molecular weight is 341 g/mol. The van der Waals surface area contributed by atoms with Crippen LogP contribution >= 0.6 is 11.8 Å². The van der Waals surface area contributed by atoms with Crippen molar-refractivity contribution in [3.63, 3.8) is 0 Å². The van der Waals surface area contributed by atoms with Gasteiger partial charge < -0.3 is 5.32 Å². The molecule has 0 bridgehead atoms. The molecule has 1 aliphatic heterocycles. The lowest BCUT2D eigenvalue weighted by molar-refractivity contribution is -0.124. The van der Waals surface area contributed by atoms with Gasteiger partial charge in [0, 0.05) is 16.9 Å². The molecule has 7 heteroatoms. The molecule has 6 nitrogen and oxygen atoms in total. The van der Waals surface area contributed by atoms with E-state index < -0.39 is 17.1 Å². The number of carbonyl (C=O) groups is 3. The first-order valence-electron chi connectivity index (χ1n) is 7.34. The second kappa shape index (κ2) is 7.18. The van der Waals surface area contributed by atoms with Crippen molar-refractivity contribution in [1.82, 2.24) is 10.9 Å². The van der Waals surface area contributed by atoms with Crippen molar-refractivity contribution in [3.05, 3.63) is 60.2 Å². The Balaban J connectivity index is 1.54. The molecule has 0 fully saturated rings. The highest BCUT2D eigenvalue weighted by Crippen LogP contribution is 2.36. The number of nitrogens with one attached hydrogen (secondary N) is 3. The standard InChI is InChI=1S/C17H15N3O3S/c21-15(19-20-16(22)11-6-2-1-3-7-11)10-14-17(23)18-12-8-4-5-9-13(12)24-14/h1-9,14H,10H2,(H,18,23)(H,19,21)(H,20,22). The van der Waals surface area contributed by atoms with Gasteiger partial charge in [0.1, 0.15) is 0 Å². The number of benzene rings is 2. The van der Waals surface area contributed by atoms with Crippen molar-refractivity contribution >= 4 is 35.2 Å².